The fourth-order valence-corrected chi connectivity index (χ4v) is 1.91. The van der Waals surface area contributed by atoms with Crippen LogP contribution in [0.5, 0.6) is 0 Å². The number of rotatable bonds is 3. The molecule has 1 rings (SSSR count). The predicted molar refractivity (Wildman–Crippen MR) is 58.1 cm³/mol. The van der Waals surface area contributed by atoms with Crippen LogP contribution in [-0.2, 0) is 0 Å². The maximum absolute atomic E-state index is 8.97. The molecule has 0 amide bonds. The molecule has 0 heterocycles. The Balaban J connectivity index is 2.25. The molecule has 0 saturated heterocycles. The second-order valence-electron chi connectivity index (χ2n) is 3.90. The van der Waals surface area contributed by atoms with Gasteiger partial charge in [-0.1, -0.05) is 0 Å². The Morgan fingerprint density at radius 3 is 2.57 bits per heavy atom. The molecular formula is C10H21N3O. The summed E-state index contributed by atoms with van der Waals surface area (Å²) in [6.07, 6.45) is 4.36. The maximum Gasteiger partial charge on any atom is 0.188 e. The molecular weight excluding hydrogens is 178 g/mol. The first kappa shape index (κ1) is 11.3. The molecule has 0 radical (unpaired) electrons. The standard InChI is InChI=1S/C10H21N3O/c1-2-12-10(11)13-9-5-3-8(7-14)4-6-9/h8-9,14H,2-7H2,1H3,(H3,11,12,13). The van der Waals surface area contributed by atoms with Crippen LogP contribution in [0.25, 0.3) is 0 Å². The van der Waals surface area contributed by atoms with E-state index in [1.807, 2.05) is 6.92 Å². The van der Waals surface area contributed by atoms with Gasteiger partial charge >= 0.3 is 0 Å². The molecule has 1 aliphatic carbocycles. The molecule has 4 N–H and O–H groups in total. The predicted octanol–water partition coefficient (Wildman–Crippen LogP) is 0.462. The lowest BCUT2D eigenvalue weighted by Gasteiger charge is -2.28. The number of hydrogen-bond acceptors (Lipinski definition) is 2. The lowest BCUT2D eigenvalue weighted by Crippen LogP contribution is -2.42. The molecule has 0 atom stereocenters. The molecule has 14 heavy (non-hydrogen) atoms. The van der Waals surface area contributed by atoms with E-state index in [9.17, 15) is 0 Å². The molecule has 0 aromatic heterocycles. The van der Waals surface area contributed by atoms with Gasteiger partial charge in [0, 0.05) is 19.2 Å². The largest absolute Gasteiger partial charge is 0.396 e. The number of guanidine groups is 1. The van der Waals surface area contributed by atoms with E-state index in [2.05, 4.69) is 10.3 Å². The van der Waals surface area contributed by atoms with Crippen molar-refractivity contribution in [3.05, 3.63) is 0 Å². The second-order valence-corrected chi connectivity index (χ2v) is 3.90. The molecule has 0 aromatic carbocycles. The molecule has 4 nitrogen and oxygen atoms in total. The van der Waals surface area contributed by atoms with Gasteiger partial charge in [-0.25, -0.2) is 0 Å². The molecule has 0 aromatic rings. The van der Waals surface area contributed by atoms with Crippen molar-refractivity contribution in [2.24, 2.45) is 16.6 Å². The van der Waals surface area contributed by atoms with E-state index in [4.69, 9.17) is 10.8 Å². The molecule has 82 valence electrons. The third-order valence-corrected chi connectivity index (χ3v) is 2.79. The SMILES string of the molecule is CCN=C(N)NC1CCC(CO)CC1. The van der Waals surface area contributed by atoms with Crippen LogP contribution in [-0.4, -0.2) is 30.3 Å². The van der Waals surface area contributed by atoms with Gasteiger partial charge in [-0.3, -0.25) is 4.99 Å². The number of nitrogens with two attached hydrogens (primary N) is 1. The fourth-order valence-electron chi connectivity index (χ4n) is 1.91. The number of aliphatic imine (C=N–C) groups is 1. The summed E-state index contributed by atoms with van der Waals surface area (Å²) < 4.78 is 0. The molecule has 1 saturated carbocycles. The van der Waals surface area contributed by atoms with E-state index in [1.54, 1.807) is 0 Å². The zero-order valence-corrected chi connectivity index (χ0v) is 8.87. The highest BCUT2D eigenvalue weighted by Gasteiger charge is 2.20. The summed E-state index contributed by atoms with van der Waals surface area (Å²) in [5.74, 6) is 1.05. The Labute approximate surface area is 85.6 Å². The van der Waals surface area contributed by atoms with Gasteiger partial charge in [-0.2, -0.15) is 0 Å². The maximum atomic E-state index is 8.97. The van der Waals surface area contributed by atoms with Gasteiger partial charge in [0.2, 0.25) is 0 Å². The summed E-state index contributed by atoms with van der Waals surface area (Å²) in [6, 6.07) is 0.452. The average Bonchev–Trinajstić information content (AvgIpc) is 2.19. The van der Waals surface area contributed by atoms with Crippen molar-refractivity contribution in [3.63, 3.8) is 0 Å². The molecule has 0 aliphatic heterocycles. The molecule has 0 spiro atoms. The van der Waals surface area contributed by atoms with Crippen molar-refractivity contribution in [1.82, 2.24) is 5.32 Å². The van der Waals surface area contributed by atoms with Crippen LogP contribution < -0.4 is 11.1 Å². The van der Waals surface area contributed by atoms with Crippen LogP contribution >= 0.6 is 0 Å². The van der Waals surface area contributed by atoms with Crippen molar-refractivity contribution in [3.8, 4) is 0 Å². The number of nitrogens with zero attached hydrogens (tertiary/aromatic N) is 1. The van der Waals surface area contributed by atoms with E-state index in [0.29, 0.717) is 24.5 Å². The highest BCUT2D eigenvalue weighted by molar-refractivity contribution is 5.78. The van der Waals surface area contributed by atoms with Crippen LogP contribution in [0.15, 0.2) is 4.99 Å². The van der Waals surface area contributed by atoms with E-state index < -0.39 is 0 Å². The van der Waals surface area contributed by atoms with E-state index in [1.165, 1.54) is 0 Å². The number of aliphatic hydroxyl groups excluding tert-OH is 1. The summed E-state index contributed by atoms with van der Waals surface area (Å²) in [7, 11) is 0. The zero-order chi connectivity index (χ0) is 10.4. The summed E-state index contributed by atoms with van der Waals surface area (Å²) in [6.45, 7) is 3.02. The Morgan fingerprint density at radius 2 is 2.07 bits per heavy atom. The van der Waals surface area contributed by atoms with E-state index in [-0.39, 0.29) is 0 Å². The minimum absolute atomic E-state index is 0.325. The lowest BCUT2D eigenvalue weighted by atomic mass is 9.87. The molecule has 4 heteroatoms. The van der Waals surface area contributed by atoms with Gasteiger partial charge in [-0.15, -0.1) is 0 Å². The van der Waals surface area contributed by atoms with Gasteiger partial charge in [0.15, 0.2) is 5.96 Å². The van der Waals surface area contributed by atoms with Crippen molar-refractivity contribution in [2.75, 3.05) is 13.2 Å². The van der Waals surface area contributed by atoms with Gasteiger partial charge in [0.05, 0.1) is 0 Å². The monoisotopic (exact) mass is 199 g/mol. The Kier molecular flexibility index (Phi) is 4.73. The van der Waals surface area contributed by atoms with Crippen LogP contribution in [0.4, 0.5) is 0 Å². The summed E-state index contributed by atoms with van der Waals surface area (Å²) in [5.41, 5.74) is 5.67. The van der Waals surface area contributed by atoms with Crippen LogP contribution in [0.3, 0.4) is 0 Å². The normalized spacial score (nSPS) is 28.9. The quantitative estimate of drug-likeness (QED) is 0.457. The minimum atomic E-state index is 0.325. The first-order valence-corrected chi connectivity index (χ1v) is 5.43. The van der Waals surface area contributed by atoms with Gasteiger partial charge < -0.3 is 16.2 Å². The topological polar surface area (TPSA) is 70.6 Å². The van der Waals surface area contributed by atoms with Gasteiger partial charge in [-0.05, 0) is 38.5 Å². The Hall–Kier alpha value is -0.770. The van der Waals surface area contributed by atoms with Crippen LogP contribution in [0, 0.1) is 5.92 Å². The van der Waals surface area contributed by atoms with Crippen LogP contribution in [0.2, 0.25) is 0 Å². The zero-order valence-electron chi connectivity index (χ0n) is 8.87. The molecule has 0 bridgehead atoms. The third-order valence-electron chi connectivity index (χ3n) is 2.79. The van der Waals surface area contributed by atoms with Gasteiger partial charge in [0.1, 0.15) is 0 Å². The second kappa shape index (κ2) is 5.86. The third kappa shape index (κ3) is 3.54. The molecule has 1 aliphatic rings. The number of nitrogens with one attached hydrogen (secondary N) is 1. The fraction of sp³-hybridized carbons (Fsp3) is 0.900. The minimum Gasteiger partial charge on any atom is -0.396 e. The van der Waals surface area contributed by atoms with E-state index in [0.717, 1.165) is 32.2 Å². The van der Waals surface area contributed by atoms with Crippen molar-refractivity contribution in [2.45, 2.75) is 38.6 Å². The van der Waals surface area contributed by atoms with Gasteiger partial charge in [0.25, 0.3) is 0 Å². The highest BCUT2D eigenvalue weighted by Crippen LogP contribution is 2.23. The number of hydrogen-bond donors (Lipinski definition) is 3. The van der Waals surface area contributed by atoms with Crippen molar-refractivity contribution in [1.29, 1.82) is 0 Å². The van der Waals surface area contributed by atoms with Crippen molar-refractivity contribution < 1.29 is 5.11 Å². The van der Waals surface area contributed by atoms with E-state index >= 15 is 0 Å². The summed E-state index contributed by atoms with van der Waals surface area (Å²) in [4.78, 5) is 4.09. The Morgan fingerprint density at radius 1 is 1.43 bits per heavy atom. The first-order valence-electron chi connectivity index (χ1n) is 5.43. The molecule has 0 unspecified atom stereocenters. The summed E-state index contributed by atoms with van der Waals surface area (Å²) in [5, 5.41) is 12.2. The average molecular weight is 199 g/mol. The lowest BCUT2D eigenvalue weighted by molar-refractivity contribution is 0.179. The highest BCUT2D eigenvalue weighted by atomic mass is 16.3. The molecule has 1 fully saturated rings. The van der Waals surface area contributed by atoms with Crippen molar-refractivity contribution >= 4 is 5.96 Å². The van der Waals surface area contributed by atoms with Crippen LogP contribution in [0.1, 0.15) is 32.6 Å². The summed E-state index contributed by atoms with van der Waals surface area (Å²) >= 11 is 0. The number of aliphatic hydroxyl groups is 1. The smallest absolute Gasteiger partial charge is 0.188 e. The first-order chi connectivity index (χ1) is 6.76. The Bertz CT molecular complexity index is 186.